The Morgan fingerprint density at radius 2 is 1.33 bits per heavy atom. The van der Waals surface area contributed by atoms with Crippen molar-refractivity contribution in [2.24, 2.45) is 0 Å². The van der Waals surface area contributed by atoms with E-state index in [0.717, 1.165) is 6.20 Å². The molecule has 0 spiro atoms. The molecule has 0 saturated heterocycles. The molecule has 2 nitrogen and oxygen atoms in total. The molecule has 5 heteroatoms. The zero-order valence-electron chi connectivity index (χ0n) is 9.68. The maximum atomic E-state index is 11.9. The molecule has 0 unspecified atom stereocenters. The molecule has 0 bridgehead atoms. The van der Waals surface area contributed by atoms with Gasteiger partial charge in [-0.15, -0.1) is 0 Å². The first-order chi connectivity index (χ1) is 7.02. The number of alkyl halides is 3. The molecule has 1 rings (SSSR count). The van der Waals surface area contributed by atoms with Crippen molar-refractivity contribution in [2.45, 2.75) is 40.8 Å². The van der Waals surface area contributed by atoms with E-state index in [-0.39, 0.29) is 5.69 Å². The maximum Gasteiger partial charge on any atom is 0.435 e. The van der Waals surface area contributed by atoms with Crippen LogP contribution < -0.4 is 0 Å². The quantitative estimate of drug-likeness (QED) is 0.666. The predicted octanol–water partition coefficient (Wildman–Crippen LogP) is 3.86. The topological polar surface area (TPSA) is 25.8 Å². The van der Waals surface area contributed by atoms with Gasteiger partial charge in [-0.3, -0.25) is 4.98 Å². The highest BCUT2D eigenvalue weighted by molar-refractivity contribution is 5.11. The molecule has 0 aliphatic carbocycles. The van der Waals surface area contributed by atoms with Gasteiger partial charge in [0.25, 0.3) is 0 Å². The van der Waals surface area contributed by atoms with Gasteiger partial charge >= 0.3 is 6.18 Å². The molecule has 1 heterocycles. The molecule has 15 heavy (non-hydrogen) atoms. The van der Waals surface area contributed by atoms with E-state index in [9.17, 15) is 13.2 Å². The molecule has 0 aliphatic heterocycles. The van der Waals surface area contributed by atoms with E-state index in [1.165, 1.54) is 13.1 Å². The maximum absolute atomic E-state index is 11.9. The van der Waals surface area contributed by atoms with Crippen molar-refractivity contribution in [2.75, 3.05) is 0 Å². The minimum Gasteiger partial charge on any atom is -0.258 e. The van der Waals surface area contributed by atoms with Crippen LogP contribution in [-0.2, 0) is 6.18 Å². The number of halogens is 3. The minimum atomic E-state index is -4.39. The van der Waals surface area contributed by atoms with Crippen LogP contribution in [-0.4, -0.2) is 9.97 Å². The Morgan fingerprint density at radius 1 is 0.933 bits per heavy atom. The average Bonchev–Trinajstić information content (AvgIpc) is 2.23. The molecule has 0 atom stereocenters. The summed E-state index contributed by atoms with van der Waals surface area (Å²) in [7, 11) is 0. The number of hydrogen-bond acceptors (Lipinski definition) is 2. The zero-order chi connectivity index (χ0) is 12.5. The Labute approximate surface area is 88.6 Å². The average molecular weight is 222 g/mol. The Hall–Kier alpha value is -1.13. The molecule has 0 fully saturated rings. The second-order valence-corrected chi connectivity index (χ2v) is 1.99. The lowest BCUT2D eigenvalue weighted by atomic mass is 10.3. The fourth-order valence-electron chi connectivity index (χ4n) is 0.686. The second kappa shape index (κ2) is 8.20. The number of nitrogens with zero attached hydrogens (tertiary/aromatic N) is 2. The van der Waals surface area contributed by atoms with Crippen LogP contribution in [0.2, 0.25) is 0 Å². The van der Waals surface area contributed by atoms with Gasteiger partial charge in [-0.1, -0.05) is 27.7 Å². The van der Waals surface area contributed by atoms with Crippen LogP contribution in [0.4, 0.5) is 13.2 Å². The van der Waals surface area contributed by atoms with E-state index in [1.807, 2.05) is 27.7 Å². The highest BCUT2D eigenvalue weighted by Crippen LogP contribution is 2.28. The van der Waals surface area contributed by atoms with Gasteiger partial charge < -0.3 is 0 Å². The summed E-state index contributed by atoms with van der Waals surface area (Å²) in [5.41, 5.74) is -1.01. The minimum absolute atomic E-state index is 0.0972. The number of hydrogen-bond donors (Lipinski definition) is 0. The molecule has 0 aliphatic rings. The highest BCUT2D eigenvalue weighted by Gasteiger charge is 2.34. The first-order valence-electron chi connectivity index (χ1n) is 4.86. The lowest BCUT2D eigenvalue weighted by molar-refractivity contribution is -0.141. The Bertz CT molecular complexity index is 259. The Morgan fingerprint density at radius 3 is 1.60 bits per heavy atom. The van der Waals surface area contributed by atoms with Crippen LogP contribution in [0.3, 0.4) is 0 Å². The smallest absolute Gasteiger partial charge is 0.258 e. The summed E-state index contributed by atoms with van der Waals surface area (Å²) < 4.78 is 35.8. The van der Waals surface area contributed by atoms with Crippen molar-refractivity contribution >= 4 is 0 Å². The molecule has 0 saturated carbocycles. The molecule has 0 radical (unpaired) electrons. The molecule has 1 aromatic heterocycles. The summed E-state index contributed by atoms with van der Waals surface area (Å²) >= 11 is 0. The van der Waals surface area contributed by atoms with Crippen molar-refractivity contribution in [1.82, 2.24) is 9.97 Å². The van der Waals surface area contributed by atoms with E-state index >= 15 is 0 Å². The zero-order valence-corrected chi connectivity index (χ0v) is 9.68. The van der Waals surface area contributed by atoms with Crippen LogP contribution >= 0.6 is 0 Å². The molecule has 88 valence electrons. The van der Waals surface area contributed by atoms with E-state index in [2.05, 4.69) is 9.97 Å². The Balaban J connectivity index is 0. The predicted molar refractivity (Wildman–Crippen MR) is 54.5 cm³/mol. The van der Waals surface area contributed by atoms with Crippen LogP contribution in [0.25, 0.3) is 0 Å². The summed E-state index contributed by atoms with van der Waals surface area (Å²) in [6.45, 7) is 9.27. The van der Waals surface area contributed by atoms with Crippen molar-refractivity contribution in [3.05, 3.63) is 23.8 Å². The largest absolute Gasteiger partial charge is 0.435 e. The third-order valence-electron chi connectivity index (χ3n) is 1.15. The lowest BCUT2D eigenvalue weighted by Crippen LogP contribution is -2.10. The number of aryl methyl sites for hydroxylation is 1. The number of aromatic nitrogens is 2. The summed E-state index contributed by atoms with van der Waals surface area (Å²) in [5.74, 6) is 0. The van der Waals surface area contributed by atoms with Gasteiger partial charge in [0, 0.05) is 12.4 Å². The molecular formula is C10H17F3N2. The van der Waals surface area contributed by atoms with Crippen LogP contribution in [0.15, 0.2) is 12.4 Å². The molecule has 0 aromatic carbocycles. The fraction of sp³-hybridized carbons (Fsp3) is 0.600. The van der Waals surface area contributed by atoms with Gasteiger partial charge in [-0.25, -0.2) is 4.98 Å². The molecule has 0 amide bonds. The van der Waals surface area contributed by atoms with Crippen molar-refractivity contribution in [3.8, 4) is 0 Å². The van der Waals surface area contributed by atoms with Gasteiger partial charge in [-0.2, -0.15) is 13.2 Å². The van der Waals surface area contributed by atoms with E-state index in [4.69, 9.17) is 0 Å². The third-order valence-corrected chi connectivity index (χ3v) is 1.15. The third kappa shape index (κ3) is 6.04. The van der Waals surface area contributed by atoms with E-state index in [0.29, 0.717) is 0 Å². The lowest BCUT2D eigenvalue weighted by Gasteiger charge is -2.05. The Kier molecular flexibility index (Phi) is 8.91. The van der Waals surface area contributed by atoms with Crippen LogP contribution in [0.5, 0.6) is 0 Å². The first kappa shape index (κ1) is 16.3. The normalized spacial score (nSPS) is 9.33. The van der Waals surface area contributed by atoms with Gasteiger partial charge in [0.1, 0.15) is 0 Å². The van der Waals surface area contributed by atoms with Gasteiger partial charge in [-0.05, 0) is 6.92 Å². The molecule has 1 aromatic rings. The van der Waals surface area contributed by atoms with E-state index < -0.39 is 11.9 Å². The SMILES string of the molecule is CC.CC.Cc1nccnc1C(F)(F)F. The monoisotopic (exact) mass is 222 g/mol. The number of rotatable bonds is 0. The second-order valence-electron chi connectivity index (χ2n) is 1.99. The van der Waals surface area contributed by atoms with E-state index in [1.54, 1.807) is 0 Å². The molecule has 0 N–H and O–H groups in total. The molecular weight excluding hydrogens is 205 g/mol. The van der Waals surface area contributed by atoms with Gasteiger partial charge in [0.15, 0.2) is 5.69 Å². The summed E-state index contributed by atoms with van der Waals surface area (Å²) in [4.78, 5) is 6.63. The van der Waals surface area contributed by atoms with Crippen molar-refractivity contribution < 1.29 is 13.2 Å². The first-order valence-corrected chi connectivity index (χ1v) is 4.86. The van der Waals surface area contributed by atoms with Gasteiger partial charge in [0.2, 0.25) is 0 Å². The van der Waals surface area contributed by atoms with Crippen molar-refractivity contribution in [3.63, 3.8) is 0 Å². The van der Waals surface area contributed by atoms with Crippen LogP contribution in [0.1, 0.15) is 39.1 Å². The van der Waals surface area contributed by atoms with Crippen LogP contribution in [0, 0.1) is 6.92 Å². The van der Waals surface area contributed by atoms with Gasteiger partial charge in [0.05, 0.1) is 5.69 Å². The highest BCUT2D eigenvalue weighted by atomic mass is 19.4. The summed E-state index contributed by atoms with van der Waals surface area (Å²) in [6, 6.07) is 0. The van der Waals surface area contributed by atoms with Crippen molar-refractivity contribution in [1.29, 1.82) is 0 Å². The summed E-state index contributed by atoms with van der Waals surface area (Å²) in [6.07, 6.45) is -2.14. The standard InChI is InChI=1S/C6H5F3N2.2C2H6/c1-4-5(6(7,8)9)11-3-2-10-4;2*1-2/h2-3H,1H3;2*1-2H3. The summed E-state index contributed by atoms with van der Waals surface area (Å²) in [5, 5.41) is 0. The fourth-order valence-corrected chi connectivity index (χ4v) is 0.686.